The molecule has 2 aliphatic heterocycles. The second kappa shape index (κ2) is 14.7. The molecule has 0 spiro atoms. The zero-order valence-electron chi connectivity index (χ0n) is 27.6. The number of nitrogens with one attached hydrogen (secondary N) is 1. The Labute approximate surface area is 280 Å². The molecule has 1 saturated carbocycles. The predicted molar refractivity (Wildman–Crippen MR) is 178 cm³/mol. The maximum absolute atomic E-state index is 15.3. The lowest BCUT2D eigenvalue weighted by atomic mass is 9.88. The zero-order chi connectivity index (χ0) is 33.8. The number of benzene rings is 1. The molecule has 2 aromatic heterocycles. The first kappa shape index (κ1) is 34.1. The quantitative estimate of drug-likeness (QED) is 0.308. The molecule has 0 atom stereocenters. The van der Waals surface area contributed by atoms with Crippen molar-refractivity contribution in [2.75, 3.05) is 69.0 Å². The van der Waals surface area contributed by atoms with Gasteiger partial charge in [-0.3, -0.25) is 9.52 Å². The summed E-state index contributed by atoms with van der Waals surface area (Å²) in [5.41, 5.74) is 1.42. The van der Waals surface area contributed by atoms with Crippen LogP contribution >= 0.6 is 0 Å². The van der Waals surface area contributed by atoms with E-state index in [-0.39, 0.29) is 29.6 Å². The molecule has 0 radical (unpaired) electrons. The highest BCUT2D eigenvalue weighted by Gasteiger charge is 2.33. The van der Waals surface area contributed by atoms with Crippen LogP contribution in [-0.2, 0) is 24.3 Å². The highest BCUT2D eigenvalue weighted by atomic mass is 32.2. The fourth-order valence-electron chi connectivity index (χ4n) is 6.86. The molecule has 48 heavy (non-hydrogen) atoms. The van der Waals surface area contributed by atoms with Gasteiger partial charge in [0.25, 0.3) is 0 Å². The number of carbonyl (C=O) groups is 1. The van der Waals surface area contributed by atoms with E-state index in [1.54, 1.807) is 6.07 Å². The summed E-state index contributed by atoms with van der Waals surface area (Å²) < 4.78 is 64.6. The molecule has 3 fully saturated rings. The van der Waals surface area contributed by atoms with Gasteiger partial charge in [-0.1, -0.05) is 0 Å². The fraction of sp³-hybridized carbons (Fsp3) is 0.576. The van der Waals surface area contributed by atoms with Gasteiger partial charge in [-0.2, -0.15) is 0 Å². The van der Waals surface area contributed by atoms with Crippen LogP contribution in [0.25, 0.3) is 22.2 Å². The van der Waals surface area contributed by atoms with E-state index in [9.17, 15) is 13.2 Å². The number of likely N-dealkylation sites (tertiary alicyclic amines) is 1. The van der Waals surface area contributed by atoms with Crippen molar-refractivity contribution >= 4 is 38.5 Å². The molecule has 1 N–H and O–H groups in total. The third-order valence-electron chi connectivity index (χ3n) is 9.23. The van der Waals surface area contributed by atoms with Gasteiger partial charge in [-0.05, 0) is 70.7 Å². The summed E-state index contributed by atoms with van der Waals surface area (Å²) in [6, 6.07) is 4.72. The van der Waals surface area contributed by atoms with Gasteiger partial charge in [0.1, 0.15) is 22.8 Å². The van der Waals surface area contributed by atoms with Crippen LogP contribution in [0.3, 0.4) is 0 Å². The first-order chi connectivity index (χ1) is 23.1. The molecule has 2 saturated heterocycles. The Kier molecular flexibility index (Phi) is 10.5. The molecule has 13 nitrogen and oxygen atoms in total. The van der Waals surface area contributed by atoms with Crippen molar-refractivity contribution in [3.63, 3.8) is 0 Å². The fourth-order valence-corrected chi connectivity index (χ4v) is 7.40. The molecule has 0 amide bonds. The van der Waals surface area contributed by atoms with E-state index in [1.165, 1.54) is 25.4 Å². The van der Waals surface area contributed by atoms with Gasteiger partial charge in [0.15, 0.2) is 0 Å². The van der Waals surface area contributed by atoms with Gasteiger partial charge >= 0.3 is 5.97 Å². The molecule has 3 aliphatic rings. The van der Waals surface area contributed by atoms with Crippen LogP contribution in [0.5, 0.6) is 11.6 Å². The van der Waals surface area contributed by atoms with E-state index in [1.807, 2.05) is 11.8 Å². The average molecular weight is 687 g/mol. The molecule has 1 aliphatic carbocycles. The summed E-state index contributed by atoms with van der Waals surface area (Å²) in [6.07, 6.45) is 7.54. The molecular formula is C33H43FN6O7S. The average Bonchev–Trinajstić information content (AvgIpc) is 3.08. The Balaban J connectivity index is 1.27. The van der Waals surface area contributed by atoms with Gasteiger partial charge in [0.2, 0.25) is 21.9 Å². The van der Waals surface area contributed by atoms with Crippen LogP contribution in [0.2, 0.25) is 0 Å². The number of rotatable bonds is 10. The number of pyridine rings is 1. The number of ether oxygens (including phenoxy) is 4. The predicted octanol–water partition coefficient (Wildman–Crippen LogP) is 4.01. The van der Waals surface area contributed by atoms with Crippen molar-refractivity contribution < 1.29 is 36.6 Å². The van der Waals surface area contributed by atoms with Crippen LogP contribution in [-0.4, -0.2) is 106 Å². The Morgan fingerprint density at radius 1 is 1.04 bits per heavy atom. The van der Waals surface area contributed by atoms with E-state index in [0.717, 1.165) is 57.9 Å². The van der Waals surface area contributed by atoms with E-state index in [0.29, 0.717) is 72.8 Å². The standard InChI is InChI=1S/C33H43FN6O7S/c1-4-46-32(41)21-9-11-39(12-10-21)24-5-7-25(8-6-24)47-28-19-23(34)18-26-29(36-33(37-30(26)28)40-13-15-45-16-14-40)22-17-27(38-48(3,42)43)31(44-2)35-20-22/h17-21,24-25,38H,4-16H2,1-3H3/t24-,25-. The largest absolute Gasteiger partial charge is 0.488 e. The highest BCUT2D eigenvalue weighted by molar-refractivity contribution is 7.92. The van der Waals surface area contributed by atoms with E-state index >= 15 is 4.39 Å². The molecule has 4 heterocycles. The topological polar surface area (TPSA) is 145 Å². The second-order valence-electron chi connectivity index (χ2n) is 12.5. The Bertz CT molecular complexity index is 1720. The third-order valence-corrected chi connectivity index (χ3v) is 9.82. The zero-order valence-corrected chi connectivity index (χ0v) is 28.4. The normalized spacial score (nSPS) is 21.2. The number of hydrogen-bond acceptors (Lipinski definition) is 12. The van der Waals surface area contributed by atoms with Crippen molar-refractivity contribution in [3.8, 4) is 22.9 Å². The smallest absolute Gasteiger partial charge is 0.309 e. The minimum Gasteiger partial charge on any atom is -0.488 e. The van der Waals surface area contributed by atoms with Crippen molar-refractivity contribution in [1.82, 2.24) is 19.9 Å². The summed E-state index contributed by atoms with van der Waals surface area (Å²) in [5, 5.41) is 0.414. The summed E-state index contributed by atoms with van der Waals surface area (Å²) in [7, 11) is -2.26. The molecule has 15 heteroatoms. The number of nitrogens with zero attached hydrogens (tertiary/aromatic N) is 5. The Morgan fingerprint density at radius 3 is 2.44 bits per heavy atom. The molecule has 260 valence electrons. The second-order valence-corrected chi connectivity index (χ2v) is 14.3. The molecule has 1 aromatic carbocycles. The van der Waals surface area contributed by atoms with Crippen molar-refractivity contribution in [3.05, 3.63) is 30.2 Å². The minimum atomic E-state index is -3.65. The van der Waals surface area contributed by atoms with E-state index < -0.39 is 15.8 Å². The maximum atomic E-state index is 15.3. The monoisotopic (exact) mass is 686 g/mol. The van der Waals surface area contributed by atoms with Gasteiger partial charge in [0.05, 0.1) is 50.9 Å². The molecule has 3 aromatic rings. The summed E-state index contributed by atoms with van der Waals surface area (Å²) in [5.74, 6) is 0.237. The Morgan fingerprint density at radius 2 is 1.77 bits per heavy atom. The lowest BCUT2D eigenvalue weighted by Gasteiger charge is -2.40. The van der Waals surface area contributed by atoms with E-state index in [2.05, 4.69) is 14.6 Å². The van der Waals surface area contributed by atoms with Crippen molar-refractivity contribution in [1.29, 1.82) is 0 Å². The van der Waals surface area contributed by atoms with Crippen LogP contribution in [0, 0.1) is 11.7 Å². The number of halogens is 1. The third kappa shape index (κ3) is 7.90. The number of carbonyl (C=O) groups excluding carboxylic acids is 1. The lowest BCUT2D eigenvalue weighted by Crippen LogP contribution is -2.45. The number of hydrogen-bond donors (Lipinski definition) is 1. The lowest BCUT2D eigenvalue weighted by molar-refractivity contribution is -0.149. The van der Waals surface area contributed by atoms with Gasteiger partial charge in [0, 0.05) is 42.3 Å². The van der Waals surface area contributed by atoms with Crippen LogP contribution < -0.4 is 19.1 Å². The maximum Gasteiger partial charge on any atom is 0.309 e. The summed E-state index contributed by atoms with van der Waals surface area (Å²) >= 11 is 0. The SMILES string of the molecule is CCOC(=O)C1CCN([C@H]2CC[C@H](Oc3cc(F)cc4c(-c5cnc(OC)c(NS(C)(=O)=O)c5)nc(N5CCOCC5)nc34)CC2)CC1. The first-order valence-corrected chi connectivity index (χ1v) is 18.4. The van der Waals surface area contributed by atoms with E-state index in [4.69, 9.17) is 28.9 Å². The number of morpholine rings is 1. The van der Waals surface area contributed by atoms with Gasteiger partial charge in [-0.15, -0.1) is 0 Å². The van der Waals surface area contributed by atoms with Crippen LogP contribution in [0.15, 0.2) is 24.4 Å². The van der Waals surface area contributed by atoms with Crippen molar-refractivity contribution in [2.24, 2.45) is 5.92 Å². The number of fused-ring (bicyclic) bond motifs is 1. The molecule has 0 unspecified atom stereocenters. The number of sulfonamides is 1. The number of anilines is 2. The van der Waals surface area contributed by atoms with Crippen LogP contribution in [0.1, 0.15) is 45.4 Å². The minimum absolute atomic E-state index is 0.0207. The first-order valence-electron chi connectivity index (χ1n) is 16.6. The number of methoxy groups -OCH3 is 1. The van der Waals surface area contributed by atoms with Crippen molar-refractivity contribution in [2.45, 2.75) is 57.6 Å². The Hall–Kier alpha value is -3.82. The number of aromatic nitrogens is 3. The molecular weight excluding hydrogens is 643 g/mol. The number of esters is 1. The highest BCUT2D eigenvalue weighted by Crippen LogP contribution is 2.38. The molecule has 6 rings (SSSR count). The summed E-state index contributed by atoms with van der Waals surface area (Å²) in [4.78, 5) is 30.7. The number of piperidine rings is 1. The summed E-state index contributed by atoms with van der Waals surface area (Å²) in [6.45, 7) is 6.17. The van der Waals surface area contributed by atoms with Gasteiger partial charge in [-0.25, -0.2) is 27.8 Å². The van der Waals surface area contributed by atoms with Gasteiger partial charge < -0.3 is 28.7 Å². The molecule has 0 bridgehead atoms. The van der Waals surface area contributed by atoms with Crippen LogP contribution in [0.4, 0.5) is 16.0 Å².